The van der Waals surface area contributed by atoms with E-state index in [9.17, 15) is 4.79 Å². The van der Waals surface area contributed by atoms with Crippen molar-refractivity contribution < 1.29 is 4.79 Å². The molecule has 0 aliphatic carbocycles. The van der Waals surface area contributed by atoms with Gasteiger partial charge in [0, 0.05) is 36.3 Å². The third-order valence-electron chi connectivity index (χ3n) is 3.82. The monoisotopic (exact) mass is 325 g/mol. The topological polar surface area (TPSA) is 49.6 Å². The molecule has 5 heteroatoms. The minimum Gasteiger partial charge on any atom is -0.358 e. The molecule has 1 fully saturated rings. The SMILES string of the molecule is CC1CCN(c2cccc(Br)c2)C(CN)C(=O)N1C. The maximum absolute atomic E-state index is 12.4. The number of carbonyl (C=O) groups excluding carboxylic acids is 1. The molecule has 1 aromatic carbocycles. The molecule has 1 amide bonds. The minimum atomic E-state index is -0.274. The van der Waals surface area contributed by atoms with Crippen molar-refractivity contribution in [2.75, 3.05) is 25.0 Å². The zero-order chi connectivity index (χ0) is 14.0. The first-order chi connectivity index (χ1) is 9.04. The number of likely N-dealkylation sites (N-methyl/N-ethyl adjacent to an activating group) is 1. The van der Waals surface area contributed by atoms with Gasteiger partial charge in [0.2, 0.25) is 5.91 Å². The maximum Gasteiger partial charge on any atom is 0.246 e. The van der Waals surface area contributed by atoms with E-state index in [0.717, 1.165) is 23.1 Å². The van der Waals surface area contributed by atoms with Crippen LogP contribution in [0.1, 0.15) is 13.3 Å². The van der Waals surface area contributed by atoms with Crippen molar-refractivity contribution in [3.8, 4) is 0 Å². The third-order valence-corrected chi connectivity index (χ3v) is 4.31. The second kappa shape index (κ2) is 5.92. The molecule has 0 radical (unpaired) electrons. The van der Waals surface area contributed by atoms with Crippen molar-refractivity contribution >= 4 is 27.5 Å². The molecule has 0 spiro atoms. The predicted molar refractivity (Wildman–Crippen MR) is 81.2 cm³/mol. The van der Waals surface area contributed by atoms with E-state index in [1.807, 2.05) is 36.2 Å². The van der Waals surface area contributed by atoms with E-state index in [-0.39, 0.29) is 18.0 Å². The Kier molecular flexibility index (Phi) is 4.47. The Hall–Kier alpha value is -1.07. The largest absolute Gasteiger partial charge is 0.358 e. The normalized spacial score (nSPS) is 24.5. The number of hydrogen-bond acceptors (Lipinski definition) is 3. The summed E-state index contributed by atoms with van der Waals surface area (Å²) in [5.41, 5.74) is 6.88. The van der Waals surface area contributed by atoms with Gasteiger partial charge in [-0.25, -0.2) is 0 Å². The molecule has 2 unspecified atom stereocenters. The van der Waals surface area contributed by atoms with Gasteiger partial charge < -0.3 is 15.5 Å². The molecule has 0 aromatic heterocycles. The smallest absolute Gasteiger partial charge is 0.246 e. The van der Waals surface area contributed by atoms with Crippen LogP contribution in [0.4, 0.5) is 5.69 Å². The summed E-state index contributed by atoms with van der Waals surface area (Å²) in [5, 5.41) is 0. The summed E-state index contributed by atoms with van der Waals surface area (Å²) in [4.78, 5) is 16.4. The second-order valence-electron chi connectivity index (χ2n) is 5.01. The molecule has 0 bridgehead atoms. The van der Waals surface area contributed by atoms with Gasteiger partial charge in [-0.3, -0.25) is 4.79 Å². The van der Waals surface area contributed by atoms with Gasteiger partial charge in [0.15, 0.2) is 0 Å². The first-order valence-corrected chi connectivity index (χ1v) is 7.33. The Labute approximate surface area is 122 Å². The summed E-state index contributed by atoms with van der Waals surface area (Å²) in [6, 6.07) is 8.00. The molecule has 4 nitrogen and oxygen atoms in total. The van der Waals surface area contributed by atoms with Gasteiger partial charge in [0.05, 0.1) is 0 Å². The molecule has 1 aliphatic heterocycles. The van der Waals surface area contributed by atoms with Gasteiger partial charge in [-0.05, 0) is 31.5 Å². The molecular weight excluding hydrogens is 306 g/mol. The molecule has 1 heterocycles. The highest BCUT2D eigenvalue weighted by atomic mass is 79.9. The van der Waals surface area contributed by atoms with Crippen molar-refractivity contribution in [3.63, 3.8) is 0 Å². The van der Waals surface area contributed by atoms with Crippen molar-refractivity contribution in [2.45, 2.75) is 25.4 Å². The molecule has 19 heavy (non-hydrogen) atoms. The zero-order valence-electron chi connectivity index (χ0n) is 11.3. The van der Waals surface area contributed by atoms with Crippen LogP contribution >= 0.6 is 15.9 Å². The predicted octanol–water partition coefficient (Wildman–Crippen LogP) is 1.83. The highest BCUT2D eigenvalue weighted by Gasteiger charge is 2.33. The summed E-state index contributed by atoms with van der Waals surface area (Å²) in [6.07, 6.45) is 0.950. The Bertz CT molecular complexity index is 466. The van der Waals surface area contributed by atoms with E-state index in [0.29, 0.717) is 6.54 Å². The van der Waals surface area contributed by atoms with Crippen molar-refractivity contribution in [3.05, 3.63) is 28.7 Å². The zero-order valence-corrected chi connectivity index (χ0v) is 12.9. The van der Waals surface area contributed by atoms with Crippen LogP contribution in [0.3, 0.4) is 0 Å². The van der Waals surface area contributed by atoms with E-state index < -0.39 is 0 Å². The van der Waals surface area contributed by atoms with E-state index >= 15 is 0 Å². The van der Waals surface area contributed by atoms with Crippen LogP contribution in [0.2, 0.25) is 0 Å². The average Bonchev–Trinajstić information content (AvgIpc) is 2.50. The van der Waals surface area contributed by atoms with Gasteiger partial charge in [0.1, 0.15) is 6.04 Å². The highest BCUT2D eigenvalue weighted by molar-refractivity contribution is 9.10. The van der Waals surface area contributed by atoms with Crippen molar-refractivity contribution in [1.82, 2.24) is 4.90 Å². The Morgan fingerprint density at radius 1 is 1.47 bits per heavy atom. The number of rotatable bonds is 2. The first kappa shape index (κ1) is 14.3. The van der Waals surface area contributed by atoms with Gasteiger partial charge in [0.25, 0.3) is 0 Å². The first-order valence-electron chi connectivity index (χ1n) is 6.53. The fraction of sp³-hybridized carbons (Fsp3) is 0.500. The molecule has 104 valence electrons. The summed E-state index contributed by atoms with van der Waals surface area (Å²) in [5.74, 6) is 0.104. The Balaban J connectivity index is 2.35. The van der Waals surface area contributed by atoms with Crippen LogP contribution < -0.4 is 10.6 Å². The van der Waals surface area contributed by atoms with Crippen LogP contribution in [0.25, 0.3) is 0 Å². The number of halogens is 1. The molecule has 2 rings (SSSR count). The van der Waals surface area contributed by atoms with Gasteiger partial charge in [-0.15, -0.1) is 0 Å². The number of nitrogens with zero attached hydrogens (tertiary/aromatic N) is 2. The second-order valence-corrected chi connectivity index (χ2v) is 5.93. The highest BCUT2D eigenvalue weighted by Crippen LogP contribution is 2.25. The molecule has 0 saturated carbocycles. The van der Waals surface area contributed by atoms with Crippen LogP contribution in [0, 0.1) is 0 Å². The number of carbonyl (C=O) groups is 1. The quantitative estimate of drug-likeness (QED) is 0.902. The molecule has 1 aliphatic rings. The fourth-order valence-electron chi connectivity index (χ4n) is 2.45. The van der Waals surface area contributed by atoms with E-state index in [1.54, 1.807) is 0 Å². The standard InChI is InChI=1S/C14H20BrN3O/c1-10-6-7-18(12-5-3-4-11(15)8-12)13(9-16)14(19)17(10)2/h3-5,8,10,13H,6-7,9,16H2,1-2H3. The van der Waals surface area contributed by atoms with Crippen LogP contribution in [-0.2, 0) is 4.79 Å². The van der Waals surface area contributed by atoms with Crippen LogP contribution in [0.5, 0.6) is 0 Å². The number of hydrogen-bond donors (Lipinski definition) is 1. The summed E-state index contributed by atoms with van der Waals surface area (Å²) in [6.45, 7) is 3.26. The van der Waals surface area contributed by atoms with E-state index in [1.165, 1.54) is 0 Å². The summed E-state index contributed by atoms with van der Waals surface area (Å²) < 4.78 is 1.01. The maximum atomic E-state index is 12.4. The number of anilines is 1. The summed E-state index contributed by atoms with van der Waals surface area (Å²) >= 11 is 3.48. The van der Waals surface area contributed by atoms with E-state index in [4.69, 9.17) is 5.73 Å². The van der Waals surface area contributed by atoms with Gasteiger partial charge in [-0.1, -0.05) is 22.0 Å². The average molecular weight is 326 g/mol. The Morgan fingerprint density at radius 2 is 2.21 bits per heavy atom. The molecular formula is C14H20BrN3O. The summed E-state index contributed by atoms with van der Waals surface area (Å²) in [7, 11) is 1.86. The number of benzene rings is 1. The Morgan fingerprint density at radius 3 is 2.84 bits per heavy atom. The lowest BCUT2D eigenvalue weighted by Crippen LogP contribution is -2.50. The molecule has 1 saturated heterocycles. The third kappa shape index (κ3) is 2.92. The fourth-order valence-corrected chi connectivity index (χ4v) is 2.84. The van der Waals surface area contributed by atoms with E-state index in [2.05, 4.69) is 27.8 Å². The van der Waals surface area contributed by atoms with Gasteiger partial charge >= 0.3 is 0 Å². The number of nitrogens with two attached hydrogens (primary N) is 1. The lowest BCUT2D eigenvalue weighted by Gasteiger charge is -2.31. The number of amides is 1. The lowest BCUT2D eigenvalue weighted by atomic mass is 10.2. The minimum absolute atomic E-state index is 0.104. The van der Waals surface area contributed by atoms with Crippen molar-refractivity contribution in [1.29, 1.82) is 0 Å². The van der Waals surface area contributed by atoms with Gasteiger partial charge in [-0.2, -0.15) is 0 Å². The van der Waals surface area contributed by atoms with Crippen LogP contribution in [-0.4, -0.2) is 43.0 Å². The molecule has 2 atom stereocenters. The molecule has 1 aromatic rings. The molecule has 2 N–H and O–H groups in total. The lowest BCUT2D eigenvalue weighted by molar-refractivity contribution is -0.132. The van der Waals surface area contributed by atoms with Crippen LogP contribution in [0.15, 0.2) is 28.7 Å². The van der Waals surface area contributed by atoms with Crippen molar-refractivity contribution in [2.24, 2.45) is 5.73 Å².